The summed E-state index contributed by atoms with van der Waals surface area (Å²) in [4.78, 5) is 9.15. The highest BCUT2D eigenvalue weighted by atomic mass is 15.2. The largest absolute Gasteiger partial charge is 0.397 e. The number of fused-ring (bicyclic) bond motifs is 1. The van der Waals surface area contributed by atoms with E-state index in [9.17, 15) is 0 Å². The number of rotatable bonds is 3. The Bertz CT molecular complexity index is 610. The molecule has 1 aliphatic rings. The number of nitrogen functional groups attached to an aromatic ring is 1. The van der Waals surface area contributed by atoms with Crippen LogP contribution in [0.5, 0.6) is 0 Å². The second kappa shape index (κ2) is 5.29. The quantitative estimate of drug-likeness (QED) is 0.869. The van der Waals surface area contributed by atoms with E-state index in [1.54, 1.807) is 6.20 Å². The van der Waals surface area contributed by atoms with E-state index in [4.69, 9.17) is 5.73 Å². The highest BCUT2D eigenvalue weighted by Crippen LogP contribution is 2.29. The minimum atomic E-state index is 0.745. The van der Waals surface area contributed by atoms with Crippen LogP contribution in [0.2, 0.25) is 0 Å². The number of hydrogen-bond donors (Lipinski definition) is 1. The van der Waals surface area contributed by atoms with Crippen molar-refractivity contribution >= 4 is 22.3 Å². The fraction of sp³-hybridized carbons (Fsp3) is 0.438. The molecule has 2 N–H and O–H groups in total. The van der Waals surface area contributed by atoms with Crippen molar-refractivity contribution in [3.05, 3.63) is 30.5 Å². The number of hydrogen-bond acceptors (Lipinski definition) is 4. The molecule has 2 aromatic rings. The van der Waals surface area contributed by atoms with E-state index < -0.39 is 0 Å². The van der Waals surface area contributed by atoms with Crippen LogP contribution in [0.25, 0.3) is 10.9 Å². The lowest BCUT2D eigenvalue weighted by atomic mass is 10.1. The van der Waals surface area contributed by atoms with Crippen LogP contribution in [0, 0.1) is 5.92 Å². The minimum absolute atomic E-state index is 0.745. The molecule has 1 saturated heterocycles. The lowest BCUT2D eigenvalue weighted by molar-refractivity contribution is 0.396. The van der Waals surface area contributed by atoms with Crippen molar-refractivity contribution in [1.29, 1.82) is 0 Å². The molecule has 0 amide bonds. The molecule has 20 heavy (non-hydrogen) atoms. The topological polar surface area (TPSA) is 45.4 Å². The van der Waals surface area contributed by atoms with Gasteiger partial charge in [0.15, 0.2) is 0 Å². The molecule has 1 aromatic carbocycles. The van der Waals surface area contributed by atoms with Crippen molar-refractivity contribution in [2.24, 2.45) is 5.92 Å². The number of likely N-dealkylation sites (tertiary alicyclic amines) is 1. The standard InChI is InChI=1S/C16H22N4/c1-19-9-7-12(10-19)11-20(2)15-6-5-14(17)16-13(15)4-3-8-18-16/h3-6,8,12H,7,9-11,17H2,1-2H3. The second-order valence-corrected chi connectivity index (χ2v) is 5.87. The Labute approximate surface area is 120 Å². The van der Waals surface area contributed by atoms with Crippen molar-refractivity contribution in [2.75, 3.05) is 44.4 Å². The predicted molar refractivity (Wildman–Crippen MR) is 85.0 cm³/mol. The highest BCUT2D eigenvalue weighted by molar-refractivity contribution is 5.98. The monoisotopic (exact) mass is 270 g/mol. The summed E-state index contributed by atoms with van der Waals surface area (Å²) >= 11 is 0. The Kier molecular flexibility index (Phi) is 3.49. The number of anilines is 2. The van der Waals surface area contributed by atoms with Crippen molar-refractivity contribution < 1.29 is 0 Å². The summed E-state index contributed by atoms with van der Waals surface area (Å²) in [6.45, 7) is 3.48. The Morgan fingerprint density at radius 3 is 3.00 bits per heavy atom. The van der Waals surface area contributed by atoms with E-state index >= 15 is 0 Å². The highest BCUT2D eigenvalue weighted by Gasteiger charge is 2.21. The van der Waals surface area contributed by atoms with E-state index in [1.165, 1.54) is 25.2 Å². The normalized spacial score (nSPS) is 19.6. The molecule has 0 saturated carbocycles. The van der Waals surface area contributed by atoms with Crippen LogP contribution in [0.1, 0.15) is 6.42 Å². The van der Waals surface area contributed by atoms with Gasteiger partial charge >= 0.3 is 0 Å². The molecule has 2 heterocycles. The molecule has 0 aliphatic carbocycles. The number of aromatic nitrogens is 1. The van der Waals surface area contributed by atoms with Gasteiger partial charge in [-0.1, -0.05) is 0 Å². The third-order valence-corrected chi connectivity index (χ3v) is 4.21. The number of nitrogens with zero attached hydrogens (tertiary/aromatic N) is 3. The summed E-state index contributed by atoms with van der Waals surface area (Å²) in [5.74, 6) is 0.745. The Hall–Kier alpha value is -1.81. The zero-order valence-corrected chi connectivity index (χ0v) is 12.2. The maximum Gasteiger partial charge on any atom is 0.0951 e. The van der Waals surface area contributed by atoms with Gasteiger partial charge in [-0.3, -0.25) is 4.98 Å². The summed E-state index contributed by atoms with van der Waals surface area (Å²) in [5, 5.41) is 1.14. The Morgan fingerprint density at radius 1 is 1.40 bits per heavy atom. The maximum atomic E-state index is 6.02. The minimum Gasteiger partial charge on any atom is -0.397 e. The molecular weight excluding hydrogens is 248 g/mol. The molecule has 4 heteroatoms. The summed E-state index contributed by atoms with van der Waals surface area (Å²) in [6, 6.07) is 8.15. The summed E-state index contributed by atoms with van der Waals surface area (Å²) < 4.78 is 0. The smallest absolute Gasteiger partial charge is 0.0951 e. The van der Waals surface area contributed by atoms with Crippen molar-refractivity contribution in [3.8, 4) is 0 Å². The maximum absolute atomic E-state index is 6.02. The third kappa shape index (κ3) is 2.43. The summed E-state index contributed by atoms with van der Waals surface area (Å²) in [5.41, 5.74) is 8.89. The van der Waals surface area contributed by atoms with Crippen LogP contribution in [0.15, 0.2) is 30.5 Å². The van der Waals surface area contributed by atoms with E-state index in [0.29, 0.717) is 0 Å². The molecule has 0 bridgehead atoms. The van der Waals surface area contributed by atoms with Crippen LogP contribution in [0.4, 0.5) is 11.4 Å². The molecule has 4 nitrogen and oxygen atoms in total. The Balaban J connectivity index is 1.88. The van der Waals surface area contributed by atoms with Crippen LogP contribution in [-0.4, -0.2) is 43.6 Å². The zero-order chi connectivity index (χ0) is 14.1. The van der Waals surface area contributed by atoms with E-state index in [1.807, 2.05) is 12.1 Å². The van der Waals surface area contributed by atoms with Crippen molar-refractivity contribution in [2.45, 2.75) is 6.42 Å². The van der Waals surface area contributed by atoms with Gasteiger partial charge in [-0.25, -0.2) is 0 Å². The van der Waals surface area contributed by atoms with Crippen molar-refractivity contribution in [3.63, 3.8) is 0 Å². The SMILES string of the molecule is CN1CCC(CN(C)c2ccc(N)c3ncccc23)C1. The molecule has 1 unspecified atom stereocenters. The molecular formula is C16H22N4. The first-order valence-electron chi connectivity index (χ1n) is 7.18. The average Bonchev–Trinajstić information content (AvgIpc) is 2.84. The molecule has 1 aliphatic heterocycles. The van der Waals surface area contributed by atoms with Gasteiger partial charge in [0.05, 0.1) is 11.2 Å². The fourth-order valence-corrected chi connectivity index (χ4v) is 3.17. The lowest BCUT2D eigenvalue weighted by Gasteiger charge is -2.24. The second-order valence-electron chi connectivity index (χ2n) is 5.87. The fourth-order valence-electron chi connectivity index (χ4n) is 3.17. The average molecular weight is 270 g/mol. The van der Waals surface area contributed by atoms with Crippen molar-refractivity contribution in [1.82, 2.24) is 9.88 Å². The molecule has 3 rings (SSSR count). The van der Waals surface area contributed by atoms with Crippen LogP contribution in [-0.2, 0) is 0 Å². The first-order valence-corrected chi connectivity index (χ1v) is 7.18. The molecule has 106 valence electrons. The van der Waals surface area contributed by atoms with Gasteiger partial charge in [0.1, 0.15) is 0 Å². The zero-order valence-electron chi connectivity index (χ0n) is 12.2. The van der Waals surface area contributed by atoms with Crippen LogP contribution >= 0.6 is 0 Å². The molecule has 1 fully saturated rings. The third-order valence-electron chi connectivity index (χ3n) is 4.21. The van der Waals surface area contributed by atoms with E-state index in [-0.39, 0.29) is 0 Å². The van der Waals surface area contributed by atoms with Gasteiger partial charge in [-0.2, -0.15) is 0 Å². The Morgan fingerprint density at radius 2 is 2.25 bits per heavy atom. The van der Waals surface area contributed by atoms with Gasteiger partial charge in [0, 0.05) is 37.4 Å². The number of nitrogens with two attached hydrogens (primary N) is 1. The molecule has 0 spiro atoms. The molecule has 0 radical (unpaired) electrons. The number of benzene rings is 1. The van der Waals surface area contributed by atoms with Crippen LogP contribution in [0.3, 0.4) is 0 Å². The molecule has 1 atom stereocenters. The van der Waals surface area contributed by atoms with Gasteiger partial charge in [0.2, 0.25) is 0 Å². The van der Waals surface area contributed by atoms with E-state index in [2.05, 4.69) is 41.0 Å². The summed E-state index contributed by atoms with van der Waals surface area (Å²) in [6.07, 6.45) is 3.08. The van der Waals surface area contributed by atoms with Gasteiger partial charge in [-0.05, 0) is 50.2 Å². The van der Waals surface area contributed by atoms with Gasteiger partial charge in [0.25, 0.3) is 0 Å². The van der Waals surface area contributed by atoms with Gasteiger partial charge in [-0.15, -0.1) is 0 Å². The first kappa shape index (κ1) is 13.2. The van der Waals surface area contributed by atoms with Gasteiger partial charge < -0.3 is 15.5 Å². The van der Waals surface area contributed by atoms with E-state index in [0.717, 1.165) is 29.1 Å². The lowest BCUT2D eigenvalue weighted by Crippen LogP contribution is -2.27. The summed E-state index contributed by atoms with van der Waals surface area (Å²) in [7, 11) is 4.36. The van der Waals surface area contributed by atoms with Crippen LogP contribution < -0.4 is 10.6 Å². The predicted octanol–water partition coefficient (Wildman–Crippen LogP) is 2.20. The molecule has 1 aromatic heterocycles. The number of pyridine rings is 1. The first-order chi connectivity index (χ1) is 9.65.